The molecule has 2 aliphatic rings. The van der Waals surface area contributed by atoms with Gasteiger partial charge in [0.2, 0.25) is 0 Å². The van der Waals surface area contributed by atoms with Crippen molar-refractivity contribution in [3.8, 4) is 36.2 Å². The summed E-state index contributed by atoms with van der Waals surface area (Å²) in [5.41, 5.74) is 5.60. The first-order chi connectivity index (χ1) is 27.9. The molecule has 2 aliphatic heterocycles. The van der Waals surface area contributed by atoms with Gasteiger partial charge in [-0.3, -0.25) is 9.69 Å². The summed E-state index contributed by atoms with van der Waals surface area (Å²) in [5, 5.41) is 8.38. The third-order valence-corrected chi connectivity index (χ3v) is 10.7. The lowest BCUT2D eigenvalue weighted by Crippen LogP contribution is -2.48. The molecule has 3 aromatic carbocycles. The van der Waals surface area contributed by atoms with E-state index in [4.69, 9.17) is 31.8 Å². The molecule has 57 heavy (non-hydrogen) atoms. The van der Waals surface area contributed by atoms with Gasteiger partial charge in [0.05, 0.1) is 65.0 Å². The van der Waals surface area contributed by atoms with E-state index >= 15 is 0 Å². The van der Waals surface area contributed by atoms with E-state index in [0.717, 1.165) is 71.4 Å². The summed E-state index contributed by atoms with van der Waals surface area (Å²) in [6, 6.07) is 20.8. The minimum Gasteiger partial charge on any atom is -0.456 e. The molecule has 4 aromatic rings. The van der Waals surface area contributed by atoms with Gasteiger partial charge >= 0.3 is 0 Å². The fourth-order valence-electron chi connectivity index (χ4n) is 7.93. The van der Waals surface area contributed by atoms with Crippen LogP contribution >= 0.6 is 0 Å². The number of amides is 1. The summed E-state index contributed by atoms with van der Waals surface area (Å²) in [4.78, 5) is 23.0. The molecule has 1 spiro atoms. The van der Waals surface area contributed by atoms with Crippen molar-refractivity contribution < 1.29 is 23.7 Å². The van der Waals surface area contributed by atoms with Gasteiger partial charge in [-0.2, -0.15) is 0 Å². The monoisotopic (exact) mass is 773 g/mol. The molecule has 12 nitrogen and oxygen atoms in total. The zero-order valence-electron chi connectivity index (χ0n) is 33.8. The maximum absolute atomic E-state index is 14.4. The highest BCUT2D eigenvalue weighted by Crippen LogP contribution is 2.58. The Bertz CT molecular complexity index is 1970. The number of terminal acetylenes is 2. The summed E-state index contributed by atoms with van der Waals surface area (Å²) in [7, 11) is 0. The number of fused-ring (bicyclic) bond motifs is 6. The Kier molecular flexibility index (Phi) is 14.2. The molecule has 12 heteroatoms. The van der Waals surface area contributed by atoms with Gasteiger partial charge in [0, 0.05) is 85.7 Å². The summed E-state index contributed by atoms with van der Waals surface area (Å²) < 4.78 is 26.2. The number of hydrogen-bond acceptors (Lipinski definition) is 10. The number of rotatable bonds is 22. The average Bonchev–Trinajstić information content (AvgIpc) is 3.77. The van der Waals surface area contributed by atoms with E-state index in [0.29, 0.717) is 77.9 Å². The maximum atomic E-state index is 14.4. The Morgan fingerprint density at radius 1 is 0.719 bits per heavy atom. The van der Waals surface area contributed by atoms with E-state index in [1.165, 1.54) is 0 Å². The van der Waals surface area contributed by atoms with Gasteiger partial charge < -0.3 is 33.6 Å². The first-order valence-corrected chi connectivity index (χ1v) is 20.0. The van der Waals surface area contributed by atoms with Gasteiger partial charge in [0.15, 0.2) is 0 Å². The molecule has 0 radical (unpaired) electrons. The molecule has 0 bridgehead atoms. The zero-order chi connectivity index (χ0) is 40.2. The van der Waals surface area contributed by atoms with Gasteiger partial charge in [-0.25, -0.2) is 4.68 Å². The lowest BCUT2D eigenvalue weighted by molar-refractivity contribution is 0.00617. The number of hydrogen-bond donors (Lipinski definition) is 0. The summed E-state index contributed by atoms with van der Waals surface area (Å²) in [6.07, 6.45) is 12.7. The first-order valence-electron chi connectivity index (χ1n) is 20.0. The van der Waals surface area contributed by atoms with E-state index < -0.39 is 5.54 Å². The SMILES string of the molecule is C#CCN(CC#C)Cc1cn(CCOCCOCCOCCN2C(=O)c3ccccc3C23c2ccc(N(CC)CC)cc2Oc2cc(N(CC)CC)ccc23)nn1. The number of benzene rings is 3. The molecule has 0 saturated heterocycles. The van der Waals surface area contributed by atoms with Gasteiger partial charge in [0.25, 0.3) is 5.91 Å². The quantitative estimate of drug-likeness (QED) is 0.0738. The molecular weight excluding hydrogens is 719 g/mol. The van der Waals surface area contributed by atoms with Gasteiger partial charge in [-0.05, 0) is 51.5 Å². The highest BCUT2D eigenvalue weighted by Gasteiger charge is 2.56. The van der Waals surface area contributed by atoms with E-state index in [1.807, 2.05) is 34.2 Å². The third kappa shape index (κ3) is 8.80. The van der Waals surface area contributed by atoms with Crippen molar-refractivity contribution in [2.24, 2.45) is 0 Å². The topological polar surface area (TPSA) is 97.7 Å². The molecule has 1 aromatic heterocycles. The van der Waals surface area contributed by atoms with E-state index in [-0.39, 0.29) is 5.91 Å². The Hall–Kier alpha value is -5.37. The fourth-order valence-corrected chi connectivity index (χ4v) is 7.93. The minimum atomic E-state index is -0.893. The number of carbonyl (C=O) groups excluding carboxylic acids is 1. The van der Waals surface area contributed by atoms with E-state index in [1.54, 1.807) is 4.68 Å². The molecule has 6 rings (SSSR count). The highest BCUT2D eigenvalue weighted by atomic mass is 16.5. The highest BCUT2D eigenvalue weighted by molar-refractivity contribution is 6.02. The van der Waals surface area contributed by atoms with Gasteiger partial charge in [0.1, 0.15) is 17.0 Å². The molecule has 0 saturated carbocycles. The lowest BCUT2D eigenvalue weighted by atomic mass is 9.74. The predicted molar refractivity (Wildman–Crippen MR) is 223 cm³/mol. The van der Waals surface area contributed by atoms with Crippen molar-refractivity contribution in [2.45, 2.75) is 46.3 Å². The first kappa shape index (κ1) is 41.3. The van der Waals surface area contributed by atoms with Crippen LogP contribution in [0.3, 0.4) is 0 Å². The largest absolute Gasteiger partial charge is 0.456 e. The number of anilines is 2. The van der Waals surface area contributed by atoms with Crippen LogP contribution in [0, 0.1) is 24.7 Å². The van der Waals surface area contributed by atoms with Crippen LogP contribution in [0.15, 0.2) is 66.9 Å². The Labute approximate surface area is 337 Å². The average molecular weight is 774 g/mol. The number of aromatic nitrogens is 3. The van der Waals surface area contributed by atoms with Crippen molar-refractivity contribution >= 4 is 17.3 Å². The van der Waals surface area contributed by atoms with Crippen molar-refractivity contribution in [3.05, 3.63) is 94.8 Å². The second kappa shape index (κ2) is 19.7. The lowest BCUT2D eigenvalue weighted by Gasteiger charge is -2.44. The number of carbonyl (C=O) groups is 1. The fraction of sp³-hybridized carbons (Fsp3) is 0.444. The molecule has 0 aliphatic carbocycles. The summed E-state index contributed by atoms with van der Waals surface area (Å²) >= 11 is 0. The van der Waals surface area contributed by atoms with E-state index in [9.17, 15) is 4.79 Å². The zero-order valence-corrected chi connectivity index (χ0v) is 33.8. The molecule has 0 fully saturated rings. The van der Waals surface area contributed by atoms with Gasteiger partial charge in [-0.1, -0.05) is 47.4 Å². The Balaban J connectivity index is 1.08. The van der Waals surface area contributed by atoms with Crippen LogP contribution in [0.4, 0.5) is 11.4 Å². The second-order valence-corrected chi connectivity index (χ2v) is 13.9. The molecule has 0 N–H and O–H groups in total. The van der Waals surface area contributed by atoms with Crippen LogP contribution < -0.4 is 14.5 Å². The van der Waals surface area contributed by atoms with Crippen LogP contribution in [0.25, 0.3) is 0 Å². The normalized spacial score (nSPS) is 13.5. The van der Waals surface area contributed by atoms with Crippen LogP contribution in [0.2, 0.25) is 0 Å². The van der Waals surface area contributed by atoms with Crippen molar-refractivity contribution in [3.63, 3.8) is 0 Å². The Morgan fingerprint density at radius 2 is 1.26 bits per heavy atom. The third-order valence-electron chi connectivity index (χ3n) is 10.7. The van der Waals surface area contributed by atoms with Crippen molar-refractivity contribution in [1.29, 1.82) is 0 Å². The van der Waals surface area contributed by atoms with Crippen molar-refractivity contribution in [2.75, 3.05) is 95.3 Å². The molecule has 300 valence electrons. The molecule has 1 amide bonds. The standard InChI is InChI=1S/C45H55N7O5/c1-7-21-48(22-8-2)33-35-34-51(47-46-35)23-25-54-27-29-56-30-28-55-26-24-52-44(53)38-15-13-14-16-39(38)45(52)40-19-17-36(49(9-3)10-4)31-42(40)57-43-32-37(18-20-41(43)45)50(11-5)12-6/h1-2,13-20,31-32,34H,9-12,21-30,33H2,3-6H3. The molecule has 0 unspecified atom stereocenters. The molecular formula is C45H55N7O5. The van der Waals surface area contributed by atoms with Crippen LogP contribution in [-0.2, 0) is 32.8 Å². The van der Waals surface area contributed by atoms with E-state index in [2.05, 4.69) is 102 Å². The molecule has 0 atom stereocenters. The van der Waals surface area contributed by atoms with Gasteiger partial charge in [-0.15, -0.1) is 17.9 Å². The van der Waals surface area contributed by atoms with Crippen LogP contribution in [-0.4, -0.2) is 116 Å². The minimum absolute atomic E-state index is 0.0288. The maximum Gasteiger partial charge on any atom is 0.255 e. The predicted octanol–water partition coefficient (Wildman–Crippen LogP) is 5.64. The molecule has 3 heterocycles. The number of nitrogens with zero attached hydrogens (tertiary/aromatic N) is 7. The Morgan fingerprint density at radius 3 is 1.82 bits per heavy atom. The van der Waals surface area contributed by atoms with Crippen LogP contribution in [0.1, 0.15) is 60.4 Å². The summed E-state index contributed by atoms with van der Waals surface area (Å²) in [5.74, 6) is 6.71. The number of ether oxygens (including phenoxy) is 4. The second-order valence-electron chi connectivity index (χ2n) is 13.9. The smallest absolute Gasteiger partial charge is 0.255 e. The van der Waals surface area contributed by atoms with Crippen LogP contribution in [0.5, 0.6) is 11.5 Å². The van der Waals surface area contributed by atoms with Crippen molar-refractivity contribution in [1.82, 2.24) is 24.8 Å². The summed E-state index contributed by atoms with van der Waals surface area (Å²) in [6.45, 7) is 17.0.